The lowest BCUT2D eigenvalue weighted by molar-refractivity contribution is 0.238. The Bertz CT molecular complexity index is 431. The second-order valence-corrected chi connectivity index (χ2v) is 5.19. The first-order valence-electron chi connectivity index (χ1n) is 6.86. The number of nitriles is 1. The predicted molar refractivity (Wildman–Crippen MR) is 71.1 cm³/mol. The Morgan fingerprint density at radius 3 is 3.17 bits per heavy atom. The summed E-state index contributed by atoms with van der Waals surface area (Å²) in [4.78, 5) is 4.44. The van der Waals surface area contributed by atoms with Crippen molar-refractivity contribution in [2.75, 3.05) is 7.05 Å². The van der Waals surface area contributed by atoms with Gasteiger partial charge in [0.25, 0.3) is 0 Å². The van der Waals surface area contributed by atoms with Gasteiger partial charge in [0.1, 0.15) is 11.4 Å². The van der Waals surface area contributed by atoms with Gasteiger partial charge in [0, 0.05) is 24.9 Å². The summed E-state index contributed by atoms with van der Waals surface area (Å²) in [7, 11) is 1.90. The fourth-order valence-corrected chi connectivity index (χ4v) is 2.96. The third kappa shape index (κ3) is 2.41. The molecule has 0 amide bonds. The number of imidazole rings is 1. The molecule has 2 rings (SSSR count). The minimum absolute atomic E-state index is 0.351. The van der Waals surface area contributed by atoms with Gasteiger partial charge in [-0.25, -0.2) is 4.98 Å². The minimum atomic E-state index is -0.351. The van der Waals surface area contributed by atoms with E-state index in [4.69, 9.17) is 0 Å². The van der Waals surface area contributed by atoms with Crippen LogP contribution in [0.5, 0.6) is 0 Å². The topological polar surface area (TPSA) is 53.6 Å². The van der Waals surface area contributed by atoms with E-state index >= 15 is 0 Å². The number of hydrogen-bond acceptors (Lipinski definition) is 3. The summed E-state index contributed by atoms with van der Waals surface area (Å²) in [6.45, 7) is 2.17. The number of rotatable bonds is 4. The van der Waals surface area contributed by atoms with E-state index in [1.54, 1.807) is 0 Å². The second kappa shape index (κ2) is 5.53. The maximum atomic E-state index is 9.39. The maximum Gasteiger partial charge on any atom is 0.108 e. The van der Waals surface area contributed by atoms with E-state index in [1.807, 2.05) is 13.2 Å². The number of nitrogens with zero attached hydrogens (tertiary/aromatic N) is 3. The lowest BCUT2D eigenvalue weighted by atomic mass is 9.80. The van der Waals surface area contributed by atoms with E-state index in [1.165, 1.54) is 0 Å². The van der Waals surface area contributed by atoms with Crippen molar-refractivity contribution in [1.82, 2.24) is 14.9 Å². The Kier molecular flexibility index (Phi) is 4.03. The van der Waals surface area contributed by atoms with Gasteiger partial charge in [-0.3, -0.25) is 0 Å². The zero-order valence-electron chi connectivity index (χ0n) is 11.3. The molecule has 0 aliphatic heterocycles. The van der Waals surface area contributed by atoms with Crippen molar-refractivity contribution < 1.29 is 0 Å². The SMILES string of the molecule is CCCc1nccn1C1CCCC(C#N)(NC)C1. The van der Waals surface area contributed by atoms with Crippen LogP contribution in [-0.2, 0) is 6.42 Å². The number of aromatic nitrogens is 2. The smallest absolute Gasteiger partial charge is 0.108 e. The molecule has 1 aliphatic carbocycles. The molecule has 18 heavy (non-hydrogen) atoms. The number of aryl methyl sites for hydroxylation is 1. The summed E-state index contributed by atoms with van der Waals surface area (Å²) in [5.74, 6) is 1.16. The Morgan fingerprint density at radius 1 is 1.67 bits per heavy atom. The first-order valence-corrected chi connectivity index (χ1v) is 6.86. The van der Waals surface area contributed by atoms with Crippen molar-refractivity contribution in [3.63, 3.8) is 0 Å². The molecule has 1 saturated carbocycles. The van der Waals surface area contributed by atoms with Crippen LogP contribution in [0.3, 0.4) is 0 Å². The van der Waals surface area contributed by atoms with Crippen molar-refractivity contribution in [1.29, 1.82) is 5.26 Å². The third-order valence-electron chi connectivity index (χ3n) is 4.03. The van der Waals surface area contributed by atoms with Crippen LogP contribution in [0.4, 0.5) is 0 Å². The lowest BCUT2D eigenvalue weighted by Crippen LogP contribution is -2.46. The average molecular weight is 246 g/mol. The van der Waals surface area contributed by atoms with Crippen LogP contribution in [0.2, 0.25) is 0 Å². The molecule has 4 heteroatoms. The molecule has 0 aromatic carbocycles. The predicted octanol–water partition coefficient (Wildman–Crippen LogP) is 2.43. The molecule has 4 nitrogen and oxygen atoms in total. The van der Waals surface area contributed by atoms with E-state index in [0.717, 1.165) is 44.3 Å². The molecule has 1 heterocycles. The molecule has 2 unspecified atom stereocenters. The van der Waals surface area contributed by atoms with Crippen molar-refractivity contribution in [3.05, 3.63) is 18.2 Å². The Balaban J connectivity index is 2.18. The quantitative estimate of drug-likeness (QED) is 0.887. The normalized spacial score (nSPS) is 27.9. The molecule has 0 bridgehead atoms. The molecule has 1 fully saturated rings. The van der Waals surface area contributed by atoms with Crippen molar-refractivity contribution in [2.24, 2.45) is 0 Å². The highest BCUT2D eigenvalue weighted by molar-refractivity contribution is 5.11. The van der Waals surface area contributed by atoms with Crippen LogP contribution in [0.15, 0.2) is 12.4 Å². The molecule has 0 spiro atoms. The van der Waals surface area contributed by atoms with Crippen molar-refractivity contribution in [2.45, 2.75) is 57.0 Å². The first-order chi connectivity index (χ1) is 8.74. The highest BCUT2D eigenvalue weighted by Gasteiger charge is 2.36. The summed E-state index contributed by atoms with van der Waals surface area (Å²) < 4.78 is 2.28. The van der Waals surface area contributed by atoms with Crippen LogP contribution in [0.1, 0.15) is 50.9 Å². The van der Waals surface area contributed by atoms with Gasteiger partial charge in [0.2, 0.25) is 0 Å². The Hall–Kier alpha value is -1.34. The van der Waals surface area contributed by atoms with Gasteiger partial charge >= 0.3 is 0 Å². The molecule has 1 N–H and O–H groups in total. The van der Waals surface area contributed by atoms with Crippen LogP contribution >= 0.6 is 0 Å². The fraction of sp³-hybridized carbons (Fsp3) is 0.714. The van der Waals surface area contributed by atoms with Gasteiger partial charge in [0.15, 0.2) is 0 Å². The van der Waals surface area contributed by atoms with E-state index in [2.05, 4.69) is 34.1 Å². The summed E-state index contributed by atoms with van der Waals surface area (Å²) in [6.07, 6.45) is 10.2. The summed E-state index contributed by atoms with van der Waals surface area (Å²) in [5.41, 5.74) is -0.351. The summed E-state index contributed by atoms with van der Waals surface area (Å²) >= 11 is 0. The van der Waals surface area contributed by atoms with Gasteiger partial charge in [-0.05, 0) is 39.2 Å². The van der Waals surface area contributed by atoms with Crippen LogP contribution < -0.4 is 5.32 Å². The summed E-state index contributed by atoms with van der Waals surface area (Å²) in [5, 5.41) is 12.6. The zero-order chi connectivity index (χ0) is 13.0. The van der Waals surface area contributed by atoms with Crippen LogP contribution in [0.25, 0.3) is 0 Å². The molecule has 2 atom stereocenters. The summed E-state index contributed by atoms with van der Waals surface area (Å²) in [6, 6.07) is 2.88. The minimum Gasteiger partial charge on any atom is -0.332 e. The Morgan fingerprint density at radius 2 is 2.50 bits per heavy atom. The molecular weight excluding hydrogens is 224 g/mol. The van der Waals surface area contributed by atoms with E-state index in [-0.39, 0.29) is 5.54 Å². The van der Waals surface area contributed by atoms with Crippen molar-refractivity contribution in [3.8, 4) is 6.07 Å². The highest BCUT2D eigenvalue weighted by atomic mass is 15.1. The Labute approximate surface area is 109 Å². The van der Waals surface area contributed by atoms with Gasteiger partial charge < -0.3 is 9.88 Å². The molecule has 0 saturated heterocycles. The van der Waals surface area contributed by atoms with Gasteiger partial charge in [-0.2, -0.15) is 5.26 Å². The number of nitrogens with one attached hydrogen (secondary N) is 1. The van der Waals surface area contributed by atoms with Gasteiger partial charge in [-0.15, -0.1) is 0 Å². The molecule has 98 valence electrons. The van der Waals surface area contributed by atoms with Crippen LogP contribution in [-0.4, -0.2) is 22.1 Å². The largest absolute Gasteiger partial charge is 0.332 e. The molecular formula is C14H22N4. The zero-order valence-corrected chi connectivity index (χ0v) is 11.3. The molecule has 1 aromatic rings. The first kappa shape index (κ1) is 13.1. The molecule has 0 radical (unpaired) electrons. The standard InChI is InChI=1S/C14H22N4/c1-3-5-13-17-8-9-18(13)12-6-4-7-14(10-12,11-15)16-2/h8-9,12,16H,3-7,10H2,1-2H3. The van der Waals surface area contributed by atoms with E-state index < -0.39 is 0 Å². The number of hydrogen-bond donors (Lipinski definition) is 1. The highest BCUT2D eigenvalue weighted by Crippen LogP contribution is 2.35. The maximum absolute atomic E-state index is 9.39. The fourth-order valence-electron chi connectivity index (χ4n) is 2.96. The molecule has 1 aromatic heterocycles. The lowest BCUT2D eigenvalue weighted by Gasteiger charge is -2.36. The van der Waals surface area contributed by atoms with E-state index in [9.17, 15) is 5.26 Å². The molecule has 1 aliphatic rings. The second-order valence-electron chi connectivity index (χ2n) is 5.19. The third-order valence-corrected chi connectivity index (χ3v) is 4.03. The monoisotopic (exact) mass is 246 g/mol. The van der Waals surface area contributed by atoms with E-state index in [0.29, 0.717) is 6.04 Å². The van der Waals surface area contributed by atoms with Crippen LogP contribution in [0, 0.1) is 11.3 Å². The average Bonchev–Trinajstić information content (AvgIpc) is 2.87. The van der Waals surface area contributed by atoms with Gasteiger partial charge in [0.05, 0.1) is 6.07 Å². The van der Waals surface area contributed by atoms with Crippen molar-refractivity contribution >= 4 is 0 Å². The van der Waals surface area contributed by atoms with Gasteiger partial charge in [-0.1, -0.05) is 6.92 Å².